The van der Waals surface area contributed by atoms with Crippen molar-refractivity contribution in [2.45, 2.75) is 52.0 Å². The summed E-state index contributed by atoms with van der Waals surface area (Å²) in [7, 11) is 0. The topological polar surface area (TPSA) is 49.3 Å². The van der Waals surface area contributed by atoms with E-state index in [0.29, 0.717) is 6.42 Å². The first kappa shape index (κ1) is 14.5. The van der Waals surface area contributed by atoms with Crippen LogP contribution in [0.15, 0.2) is 5.38 Å². The molecule has 0 bridgehead atoms. The van der Waals surface area contributed by atoms with Crippen molar-refractivity contribution in [2.75, 3.05) is 6.61 Å². The van der Waals surface area contributed by atoms with Crippen LogP contribution in [-0.2, 0) is 12.8 Å². The van der Waals surface area contributed by atoms with Gasteiger partial charge in [-0.2, -0.15) is 0 Å². The van der Waals surface area contributed by atoms with Crippen LogP contribution in [0, 0.1) is 5.92 Å². The first-order valence-corrected chi connectivity index (χ1v) is 7.83. The number of carbonyl (C=O) groups excluding carboxylic acids is 1. The highest BCUT2D eigenvalue weighted by Crippen LogP contribution is 2.33. The van der Waals surface area contributed by atoms with Crippen LogP contribution in [-0.4, -0.2) is 23.2 Å². The van der Waals surface area contributed by atoms with Crippen LogP contribution in [0.2, 0.25) is 0 Å². The Morgan fingerprint density at radius 2 is 2.32 bits per heavy atom. The van der Waals surface area contributed by atoms with E-state index in [1.165, 1.54) is 16.9 Å². The Bertz CT molecular complexity index is 465. The molecular formula is C15H23NO2S. The van der Waals surface area contributed by atoms with Gasteiger partial charge in [0.15, 0.2) is 0 Å². The highest BCUT2D eigenvalue weighted by Gasteiger charge is 2.26. The van der Waals surface area contributed by atoms with E-state index < -0.39 is 0 Å². The minimum Gasteiger partial charge on any atom is -0.396 e. The van der Waals surface area contributed by atoms with Crippen LogP contribution < -0.4 is 5.32 Å². The second-order valence-corrected chi connectivity index (χ2v) is 7.17. The lowest BCUT2D eigenvalue weighted by Gasteiger charge is -2.26. The zero-order valence-electron chi connectivity index (χ0n) is 12.0. The van der Waals surface area contributed by atoms with Crippen LogP contribution in [0.3, 0.4) is 0 Å². The van der Waals surface area contributed by atoms with Gasteiger partial charge >= 0.3 is 0 Å². The highest BCUT2D eigenvalue weighted by molar-refractivity contribution is 7.10. The SMILES string of the molecule is CC1CCc2c(C(=O)NC(C)(C)CCO)csc2C1. The molecule has 0 spiro atoms. The summed E-state index contributed by atoms with van der Waals surface area (Å²) in [5, 5.41) is 14.0. The number of hydrogen-bond acceptors (Lipinski definition) is 3. The van der Waals surface area contributed by atoms with Gasteiger partial charge in [-0.05, 0) is 51.0 Å². The molecule has 2 N–H and O–H groups in total. The van der Waals surface area contributed by atoms with Gasteiger partial charge in [-0.3, -0.25) is 4.79 Å². The lowest BCUT2D eigenvalue weighted by Crippen LogP contribution is -2.44. The summed E-state index contributed by atoms with van der Waals surface area (Å²) >= 11 is 1.71. The number of hydrogen-bond donors (Lipinski definition) is 2. The quantitative estimate of drug-likeness (QED) is 0.891. The van der Waals surface area contributed by atoms with Crippen molar-refractivity contribution in [1.29, 1.82) is 0 Å². The molecule has 1 unspecified atom stereocenters. The fourth-order valence-electron chi connectivity index (χ4n) is 2.58. The minimum absolute atomic E-state index is 0.00510. The molecule has 1 aliphatic carbocycles. The molecule has 2 rings (SSSR count). The first-order valence-electron chi connectivity index (χ1n) is 6.95. The van der Waals surface area contributed by atoms with E-state index in [2.05, 4.69) is 12.2 Å². The molecule has 1 aliphatic rings. The van der Waals surface area contributed by atoms with Gasteiger partial charge in [-0.1, -0.05) is 6.92 Å². The van der Waals surface area contributed by atoms with Crippen molar-refractivity contribution < 1.29 is 9.90 Å². The average Bonchev–Trinajstić information content (AvgIpc) is 2.70. The van der Waals surface area contributed by atoms with E-state index in [1.807, 2.05) is 19.2 Å². The Kier molecular flexibility index (Phi) is 4.31. The average molecular weight is 281 g/mol. The molecule has 0 aromatic carbocycles. The van der Waals surface area contributed by atoms with Crippen LogP contribution in [0.5, 0.6) is 0 Å². The van der Waals surface area contributed by atoms with Crippen molar-refractivity contribution >= 4 is 17.2 Å². The van der Waals surface area contributed by atoms with Crippen LogP contribution in [0.25, 0.3) is 0 Å². The second-order valence-electron chi connectivity index (χ2n) is 6.21. The second kappa shape index (κ2) is 5.63. The number of carbonyl (C=O) groups is 1. The maximum Gasteiger partial charge on any atom is 0.252 e. The van der Waals surface area contributed by atoms with Gasteiger partial charge in [0.1, 0.15) is 0 Å². The van der Waals surface area contributed by atoms with Crippen molar-refractivity contribution in [3.8, 4) is 0 Å². The number of nitrogens with one attached hydrogen (secondary N) is 1. The van der Waals surface area contributed by atoms with Crippen LogP contribution in [0.1, 0.15) is 54.4 Å². The molecule has 1 heterocycles. The molecule has 0 saturated heterocycles. The summed E-state index contributed by atoms with van der Waals surface area (Å²) in [6.07, 6.45) is 3.86. The molecule has 4 heteroatoms. The van der Waals surface area contributed by atoms with Crippen LogP contribution in [0.4, 0.5) is 0 Å². The van der Waals surface area contributed by atoms with E-state index >= 15 is 0 Å². The summed E-state index contributed by atoms with van der Waals surface area (Å²) < 4.78 is 0. The van der Waals surface area contributed by atoms with E-state index in [-0.39, 0.29) is 18.1 Å². The van der Waals surface area contributed by atoms with E-state index in [9.17, 15) is 4.79 Å². The largest absolute Gasteiger partial charge is 0.396 e. The highest BCUT2D eigenvalue weighted by atomic mass is 32.1. The normalized spacial score (nSPS) is 19.1. The van der Waals surface area contributed by atoms with Gasteiger partial charge in [0, 0.05) is 22.4 Å². The number of aliphatic hydroxyl groups excluding tert-OH is 1. The summed E-state index contributed by atoms with van der Waals surface area (Å²) in [5.74, 6) is 0.735. The third kappa shape index (κ3) is 3.37. The zero-order chi connectivity index (χ0) is 14.0. The van der Waals surface area contributed by atoms with Gasteiger partial charge < -0.3 is 10.4 Å². The Morgan fingerprint density at radius 1 is 1.58 bits per heavy atom. The predicted molar refractivity (Wildman–Crippen MR) is 78.8 cm³/mol. The lowest BCUT2D eigenvalue weighted by atomic mass is 9.88. The first-order chi connectivity index (χ1) is 8.93. The molecule has 1 amide bonds. The summed E-state index contributed by atoms with van der Waals surface area (Å²) in [6, 6.07) is 0. The Labute approximate surface area is 119 Å². The molecule has 19 heavy (non-hydrogen) atoms. The van der Waals surface area contributed by atoms with Gasteiger partial charge in [0.25, 0.3) is 5.91 Å². The third-order valence-corrected chi connectivity index (χ3v) is 4.89. The molecule has 1 atom stereocenters. The van der Waals surface area contributed by atoms with E-state index in [4.69, 9.17) is 5.11 Å². The molecule has 0 aliphatic heterocycles. The van der Waals surface area contributed by atoms with Crippen molar-refractivity contribution in [2.24, 2.45) is 5.92 Å². The van der Waals surface area contributed by atoms with Crippen LogP contribution >= 0.6 is 11.3 Å². The van der Waals surface area contributed by atoms with Gasteiger partial charge in [-0.15, -0.1) is 11.3 Å². The lowest BCUT2D eigenvalue weighted by molar-refractivity contribution is 0.0898. The maximum absolute atomic E-state index is 12.4. The van der Waals surface area contributed by atoms with Crippen molar-refractivity contribution in [3.63, 3.8) is 0 Å². The van der Waals surface area contributed by atoms with Crippen molar-refractivity contribution in [1.82, 2.24) is 5.32 Å². The third-order valence-electron chi connectivity index (χ3n) is 3.84. The zero-order valence-corrected chi connectivity index (χ0v) is 12.8. The smallest absolute Gasteiger partial charge is 0.252 e. The number of rotatable bonds is 4. The maximum atomic E-state index is 12.4. The molecule has 1 aromatic heterocycles. The standard InChI is InChI=1S/C15H23NO2S/c1-10-4-5-11-12(9-19-13(11)8-10)14(18)16-15(2,3)6-7-17/h9-10,17H,4-8H2,1-3H3,(H,16,18). The molecule has 1 aromatic rings. The molecular weight excluding hydrogens is 258 g/mol. The summed E-state index contributed by atoms with van der Waals surface area (Å²) in [4.78, 5) is 13.7. The Balaban J connectivity index is 2.13. The Morgan fingerprint density at radius 3 is 3.00 bits per heavy atom. The van der Waals surface area contributed by atoms with E-state index in [0.717, 1.165) is 24.3 Å². The number of thiophene rings is 1. The van der Waals surface area contributed by atoms with Gasteiger partial charge in [-0.25, -0.2) is 0 Å². The number of aliphatic hydroxyl groups is 1. The summed E-state index contributed by atoms with van der Waals surface area (Å²) in [5.41, 5.74) is 1.74. The molecule has 0 fully saturated rings. The minimum atomic E-state index is -0.359. The molecule has 0 radical (unpaired) electrons. The Hall–Kier alpha value is -0.870. The van der Waals surface area contributed by atoms with Gasteiger partial charge in [0.05, 0.1) is 5.56 Å². The monoisotopic (exact) mass is 281 g/mol. The van der Waals surface area contributed by atoms with Crippen molar-refractivity contribution in [3.05, 3.63) is 21.4 Å². The number of fused-ring (bicyclic) bond motifs is 1. The number of amides is 1. The molecule has 106 valence electrons. The van der Waals surface area contributed by atoms with E-state index in [1.54, 1.807) is 11.3 Å². The van der Waals surface area contributed by atoms with Gasteiger partial charge in [0.2, 0.25) is 0 Å². The predicted octanol–water partition coefficient (Wildman–Crippen LogP) is 2.76. The summed E-state index contributed by atoms with van der Waals surface area (Å²) in [6.45, 7) is 6.25. The molecule has 0 saturated carbocycles. The molecule has 3 nitrogen and oxygen atoms in total. The fraction of sp³-hybridized carbons (Fsp3) is 0.667. The fourth-order valence-corrected chi connectivity index (χ4v) is 3.83.